The smallest absolute Gasteiger partial charge is 0.150 e. The summed E-state index contributed by atoms with van der Waals surface area (Å²) in [7, 11) is -2.82. The molecule has 2 unspecified atom stereocenters. The van der Waals surface area contributed by atoms with Crippen molar-refractivity contribution in [1.82, 2.24) is 0 Å². The normalized spacial score (nSPS) is 32.4. The van der Waals surface area contributed by atoms with Crippen molar-refractivity contribution in [3.05, 3.63) is 11.8 Å². The molecular formula is C9H15NO3S. The Kier molecular flexibility index (Phi) is 2.53. The Hall–Kier alpha value is -0.550. The maximum absolute atomic E-state index is 11.3. The van der Waals surface area contributed by atoms with Crippen molar-refractivity contribution in [3.63, 3.8) is 0 Å². The van der Waals surface area contributed by atoms with E-state index < -0.39 is 9.84 Å². The van der Waals surface area contributed by atoms with Gasteiger partial charge in [-0.2, -0.15) is 0 Å². The van der Waals surface area contributed by atoms with E-state index in [1.165, 1.54) is 0 Å². The molecule has 0 aromatic carbocycles. The Balaban J connectivity index is 2.03. The quantitative estimate of drug-likeness (QED) is 0.709. The van der Waals surface area contributed by atoms with E-state index in [4.69, 9.17) is 10.5 Å². The highest BCUT2D eigenvalue weighted by atomic mass is 32.2. The molecule has 0 saturated carbocycles. The zero-order chi connectivity index (χ0) is 10.2. The summed E-state index contributed by atoms with van der Waals surface area (Å²) in [5, 5.41) is 0. The maximum Gasteiger partial charge on any atom is 0.150 e. The Morgan fingerprint density at radius 3 is 2.86 bits per heavy atom. The molecule has 14 heavy (non-hydrogen) atoms. The molecule has 1 fully saturated rings. The molecule has 2 rings (SSSR count). The second kappa shape index (κ2) is 3.55. The van der Waals surface area contributed by atoms with E-state index in [2.05, 4.69) is 0 Å². The van der Waals surface area contributed by atoms with Gasteiger partial charge < -0.3 is 10.5 Å². The molecule has 0 aliphatic carbocycles. The van der Waals surface area contributed by atoms with Gasteiger partial charge in [0.1, 0.15) is 0 Å². The van der Waals surface area contributed by atoms with Gasteiger partial charge in [-0.25, -0.2) is 8.42 Å². The van der Waals surface area contributed by atoms with Gasteiger partial charge in [-0.1, -0.05) is 0 Å². The molecule has 2 atom stereocenters. The zero-order valence-electron chi connectivity index (χ0n) is 7.98. The van der Waals surface area contributed by atoms with E-state index >= 15 is 0 Å². The summed E-state index contributed by atoms with van der Waals surface area (Å²) in [5.41, 5.74) is 7.05. The van der Waals surface area contributed by atoms with Crippen LogP contribution in [-0.2, 0) is 14.6 Å². The van der Waals surface area contributed by atoms with E-state index in [9.17, 15) is 8.42 Å². The molecule has 0 bridgehead atoms. The minimum Gasteiger partial charge on any atom is -0.501 e. The number of rotatable bonds is 2. The maximum atomic E-state index is 11.3. The molecule has 2 N–H and O–H groups in total. The van der Waals surface area contributed by atoms with E-state index in [0.717, 1.165) is 12.0 Å². The van der Waals surface area contributed by atoms with Crippen LogP contribution in [0.3, 0.4) is 0 Å². The molecule has 0 aromatic rings. The third kappa shape index (κ3) is 1.93. The molecule has 4 nitrogen and oxygen atoms in total. The SMILES string of the molecule is NC(C1=COCC1)C1CCS(=O)(=O)C1. The average molecular weight is 217 g/mol. The molecule has 2 aliphatic rings. The van der Waals surface area contributed by atoms with Crippen LogP contribution in [0.2, 0.25) is 0 Å². The van der Waals surface area contributed by atoms with E-state index in [1.54, 1.807) is 6.26 Å². The largest absolute Gasteiger partial charge is 0.501 e. The lowest BCUT2D eigenvalue weighted by Gasteiger charge is -2.17. The monoisotopic (exact) mass is 217 g/mol. The van der Waals surface area contributed by atoms with Crippen LogP contribution in [0.15, 0.2) is 11.8 Å². The van der Waals surface area contributed by atoms with Gasteiger partial charge in [-0.15, -0.1) is 0 Å². The topological polar surface area (TPSA) is 69.4 Å². The number of ether oxygens (including phenoxy) is 1. The minimum atomic E-state index is -2.82. The summed E-state index contributed by atoms with van der Waals surface area (Å²) < 4.78 is 27.6. The van der Waals surface area contributed by atoms with Crippen LogP contribution in [0.25, 0.3) is 0 Å². The first-order valence-corrected chi connectivity index (χ1v) is 6.67. The molecule has 2 aliphatic heterocycles. The molecule has 0 spiro atoms. The highest BCUT2D eigenvalue weighted by Crippen LogP contribution is 2.27. The second-order valence-electron chi connectivity index (χ2n) is 4.00. The number of nitrogens with two attached hydrogens (primary N) is 1. The third-order valence-corrected chi connectivity index (χ3v) is 4.74. The second-order valence-corrected chi connectivity index (χ2v) is 6.23. The summed E-state index contributed by atoms with van der Waals surface area (Å²) in [4.78, 5) is 0. The summed E-state index contributed by atoms with van der Waals surface area (Å²) in [6.07, 6.45) is 3.23. The lowest BCUT2D eigenvalue weighted by atomic mass is 9.93. The highest BCUT2D eigenvalue weighted by Gasteiger charge is 2.34. The first kappa shape index (κ1) is 9.98. The predicted octanol–water partition coefficient (Wildman–Crippen LogP) is 0.0526. The zero-order valence-corrected chi connectivity index (χ0v) is 8.79. The van der Waals surface area contributed by atoms with Gasteiger partial charge in [0.05, 0.1) is 24.4 Å². The Morgan fingerprint density at radius 1 is 1.57 bits per heavy atom. The van der Waals surface area contributed by atoms with Gasteiger partial charge in [0.15, 0.2) is 9.84 Å². The van der Waals surface area contributed by atoms with Crippen LogP contribution in [0, 0.1) is 5.92 Å². The Morgan fingerprint density at radius 2 is 2.36 bits per heavy atom. The summed E-state index contributed by atoms with van der Waals surface area (Å²) in [6, 6.07) is -0.130. The van der Waals surface area contributed by atoms with Crippen LogP contribution in [0.4, 0.5) is 0 Å². The molecule has 0 amide bonds. The fourth-order valence-corrected chi connectivity index (χ4v) is 3.91. The highest BCUT2D eigenvalue weighted by molar-refractivity contribution is 7.91. The van der Waals surface area contributed by atoms with Crippen molar-refractivity contribution in [2.24, 2.45) is 11.7 Å². The van der Waals surface area contributed by atoms with Crippen LogP contribution in [0.1, 0.15) is 12.8 Å². The van der Waals surface area contributed by atoms with Crippen LogP contribution < -0.4 is 5.73 Å². The van der Waals surface area contributed by atoms with Crippen LogP contribution >= 0.6 is 0 Å². The third-order valence-electron chi connectivity index (χ3n) is 2.95. The van der Waals surface area contributed by atoms with E-state index in [0.29, 0.717) is 18.8 Å². The average Bonchev–Trinajstić information content (AvgIpc) is 2.72. The summed E-state index contributed by atoms with van der Waals surface area (Å²) >= 11 is 0. The van der Waals surface area contributed by atoms with Gasteiger partial charge in [0, 0.05) is 12.5 Å². The van der Waals surface area contributed by atoms with Crippen molar-refractivity contribution < 1.29 is 13.2 Å². The standard InChI is InChI=1S/C9H15NO3S/c10-9(7-1-3-13-5-7)8-2-4-14(11,12)6-8/h5,8-9H,1-4,6,10H2. The van der Waals surface area contributed by atoms with Crippen LogP contribution in [-0.4, -0.2) is 32.6 Å². The number of hydrogen-bond acceptors (Lipinski definition) is 4. The van der Waals surface area contributed by atoms with Crippen LogP contribution in [0.5, 0.6) is 0 Å². The van der Waals surface area contributed by atoms with Gasteiger partial charge >= 0.3 is 0 Å². The molecule has 1 saturated heterocycles. The van der Waals surface area contributed by atoms with Crippen molar-refractivity contribution in [2.75, 3.05) is 18.1 Å². The first-order valence-electron chi connectivity index (χ1n) is 4.85. The minimum absolute atomic E-state index is 0.0907. The fourth-order valence-electron chi connectivity index (χ4n) is 2.06. The Labute approximate surface area is 84.0 Å². The van der Waals surface area contributed by atoms with Crippen molar-refractivity contribution >= 4 is 9.84 Å². The van der Waals surface area contributed by atoms with Crippen molar-refractivity contribution in [2.45, 2.75) is 18.9 Å². The van der Waals surface area contributed by atoms with Crippen molar-refractivity contribution in [3.8, 4) is 0 Å². The lowest BCUT2D eigenvalue weighted by molar-refractivity contribution is 0.281. The van der Waals surface area contributed by atoms with Gasteiger partial charge in [-0.05, 0) is 17.9 Å². The molecule has 0 aromatic heterocycles. The van der Waals surface area contributed by atoms with Gasteiger partial charge in [0.25, 0.3) is 0 Å². The predicted molar refractivity (Wildman–Crippen MR) is 53.4 cm³/mol. The number of hydrogen-bond donors (Lipinski definition) is 1. The lowest BCUT2D eigenvalue weighted by Crippen LogP contribution is -2.32. The van der Waals surface area contributed by atoms with E-state index in [-0.39, 0.29) is 17.7 Å². The first-order chi connectivity index (χ1) is 6.58. The molecule has 2 heterocycles. The van der Waals surface area contributed by atoms with Gasteiger partial charge in [0.2, 0.25) is 0 Å². The van der Waals surface area contributed by atoms with E-state index in [1.807, 2.05) is 0 Å². The molecule has 80 valence electrons. The Bertz CT molecular complexity index is 347. The number of sulfone groups is 1. The molecular weight excluding hydrogens is 202 g/mol. The molecule has 5 heteroatoms. The molecule has 0 radical (unpaired) electrons. The van der Waals surface area contributed by atoms with Crippen molar-refractivity contribution in [1.29, 1.82) is 0 Å². The van der Waals surface area contributed by atoms with Gasteiger partial charge in [-0.3, -0.25) is 0 Å². The summed E-state index contributed by atoms with van der Waals surface area (Å²) in [5.74, 6) is 0.623. The fraction of sp³-hybridized carbons (Fsp3) is 0.778. The summed E-state index contributed by atoms with van der Waals surface area (Å²) in [6.45, 7) is 0.683.